The van der Waals surface area contributed by atoms with Gasteiger partial charge in [0.2, 0.25) is 5.91 Å². The maximum Gasteiger partial charge on any atom is 0.305 e. The molecule has 2 heterocycles. The molecular formula is C20H25FN2O5. The number of nitrogens with zero attached hydrogens (tertiary/aromatic N) is 2. The van der Waals surface area contributed by atoms with Gasteiger partial charge in [-0.15, -0.1) is 0 Å². The van der Waals surface area contributed by atoms with Gasteiger partial charge in [-0.2, -0.15) is 0 Å². The Morgan fingerprint density at radius 3 is 2.57 bits per heavy atom. The van der Waals surface area contributed by atoms with Crippen molar-refractivity contribution in [2.75, 3.05) is 26.7 Å². The van der Waals surface area contributed by atoms with Crippen molar-refractivity contribution in [3.05, 3.63) is 35.6 Å². The van der Waals surface area contributed by atoms with Crippen LogP contribution < -0.4 is 0 Å². The summed E-state index contributed by atoms with van der Waals surface area (Å²) in [4.78, 5) is 40.2. The molecule has 8 heteroatoms. The fourth-order valence-corrected chi connectivity index (χ4v) is 4.08. The summed E-state index contributed by atoms with van der Waals surface area (Å²) in [5.74, 6) is -2.08. The highest BCUT2D eigenvalue weighted by Gasteiger charge is 2.40. The molecule has 1 N–H and O–H groups in total. The van der Waals surface area contributed by atoms with E-state index in [-0.39, 0.29) is 36.8 Å². The van der Waals surface area contributed by atoms with E-state index in [0.717, 1.165) is 0 Å². The first kappa shape index (κ1) is 20.3. The molecule has 0 spiro atoms. The first-order valence-electron chi connectivity index (χ1n) is 9.49. The number of carbonyl (C=O) groups excluding carboxylic acids is 2. The Labute approximate surface area is 163 Å². The summed E-state index contributed by atoms with van der Waals surface area (Å²) in [6.07, 6.45) is 1.55. The maximum absolute atomic E-state index is 13.1. The quantitative estimate of drug-likeness (QED) is 0.825. The second kappa shape index (κ2) is 8.68. The minimum atomic E-state index is -0.948. The molecular weight excluding hydrogens is 367 g/mol. The molecule has 28 heavy (non-hydrogen) atoms. The van der Waals surface area contributed by atoms with Crippen LogP contribution in [0.25, 0.3) is 0 Å². The van der Waals surface area contributed by atoms with E-state index in [1.165, 1.54) is 24.3 Å². The largest absolute Gasteiger partial charge is 0.481 e. The van der Waals surface area contributed by atoms with E-state index < -0.39 is 17.8 Å². The van der Waals surface area contributed by atoms with Gasteiger partial charge in [0.1, 0.15) is 5.82 Å². The van der Waals surface area contributed by atoms with Gasteiger partial charge in [-0.1, -0.05) is 0 Å². The zero-order valence-electron chi connectivity index (χ0n) is 15.8. The number of carboxylic acid groups (broad SMARTS) is 1. The van der Waals surface area contributed by atoms with Crippen molar-refractivity contribution in [1.82, 2.24) is 9.80 Å². The predicted octanol–water partition coefficient (Wildman–Crippen LogP) is 1.77. The highest BCUT2D eigenvalue weighted by atomic mass is 19.1. The van der Waals surface area contributed by atoms with E-state index in [1.54, 1.807) is 16.9 Å². The first-order chi connectivity index (χ1) is 13.4. The topological polar surface area (TPSA) is 87.2 Å². The molecule has 0 saturated carbocycles. The van der Waals surface area contributed by atoms with Crippen LogP contribution in [0, 0.1) is 11.7 Å². The fraction of sp³-hybridized carbons (Fsp3) is 0.550. The monoisotopic (exact) mass is 392 g/mol. The third-order valence-corrected chi connectivity index (χ3v) is 5.55. The zero-order valence-corrected chi connectivity index (χ0v) is 15.8. The molecule has 2 aliphatic heterocycles. The number of methoxy groups -OCH3 is 1. The molecule has 0 bridgehead atoms. The van der Waals surface area contributed by atoms with Gasteiger partial charge < -0.3 is 19.6 Å². The van der Waals surface area contributed by atoms with Crippen molar-refractivity contribution in [1.29, 1.82) is 0 Å². The number of aliphatic carboxylic acids is 1. The van der Waals surface area contributed by atoms with Crippen LogP contribution in [-0.2, 0) is 14.3 Å². The number of benzene rings is 1. The van der Waals surface area contributed by atoms with E-state index in [1.807, 2.05) is 0 Å². The number of piperidine rings is 1. The summed E-state index contributed by atoms with van der Waals surface area (Å²) in [5, 5.41) is 9.14. The molecule has 0 aliphatic carbocycles. The zero-order chi connectivity index (χ0) is 20.3. The van der Waals surface area contributed by atoms with E-state index in [0.29, 0.717) is 37.9 Å². The van der Waals surface area contributed by atoms with Crippen molar-refractivity contribution < 1.29 is 28.6 Å². The van der Waals surface area contributed by atoms with Crippen LogP contribution in [0.2, 0.25) is 0 Å². The number of carboxylic acids is 1. The van der Waals surface area contributed by atoms with Crippen LogP contribution in [0.15, 0.2) is 24.3 Å². The van der Waals surface area contributed by atoms with Crippen molar-refractivity contribution in [2.24, 2.45) is 5.92 Å². The van der Waals surface area contributed by atoms with Gasteiger partial charge in [0.15, 0.2) is 0 Å². The van der Waals surface area contributed by atoms with Gasteiger partial charge >= 0.3 is 5.97 Å². The maximum atomic E-state index is 13.1. The number of amides is 2. The molecule has 1 aromatic rings. The first-order valence-corrected chi connectivity index (χ1v) is 9.49. The van der Waals surface area contributed by atoms with Gasteiger partial charge in [-0.3, -0.25) is 14.4 Å². The van der Waals surface area contributed by atoms with Crippen molar-refractivity contribution in [3.8, 4) is 0 Å². The van der Waals surface area contributed by atoms with Gasteiger partial charge in [0.25, 0.3) is 5.91 Å². The van der Waals surface area contributed by atoms with E-state index >= 15 is 0 Å². The van der Waals surface area contributed by atoms with Crippen LogP contribution in [0.5, 0.6) is 0 Å². The molecule has 0 aromatic heterocycles. The Morgan fingerprint density at radius 1 is 1.21 bits per heavy atom. The lowest BCUT2D eigenvalue weighted by atomic mass is 9.95. The second-order valence-corrected chi connectivity index (χ2v) is 7.43. The van der Waals surface area contributed by atoms with Gasteiger partial charge in [-0.25, -0.2) is 4.39 Å². The number of likely N-dealkylation sites (tertiary alicyclic amines) is 2. The van der Waals surface area contributed by atoms with Crippen molar-refractivity contribution in [2.45, 2.75) is 37.8 Å². The number of hydrogen-bond acceptors (Lipinski definition) is 4. The van der Waals surface area contributed by atoms with E-state index in [2.05, 4.69) is 0 Å². The minimum Gasteiger partial charge on any atom is -0.481 e. The van der Waals surface area contributed by atoms with Crippen molar-refractivity contribution >= 4 is 17.8 Å². The smallest absolute Gasteiger partial charge is 0.305 e. The van der Waals surface area contributed by atoms with Crippen molar-refractivity contribution in [3.63, 3.8) is 0 Å². The molecule has 2 fully saturated rings. The summed E-state index contributed by atoms with van der Waals surface area (Å²) in [7, 11) is 1.56. The Balaban J connectivity index is 1.68. The normalized spacial score (nSPS) is 25.0. The summed E-state index contributed by atoms with van der Waals surface area (Å²) in [6, 6.07) is 4.97. The fourth-order valence-electron chi connectivity index (χ4n) is 4.08. The molecule has 7 nitrogen and oxygen atoms in total. The van der Waals surface area contributed by atoms with E-state index in [9.17, 15) is 18.8 Å². The summed E-state index contributed by atoms with van der Waals surface area (Å²) < 4.78 is 18.4. The van der Waals surface area contributed by atoms with Crippen LogP contribution in [-0.4, -0.2) is 71.6 Å². The Morgan fingerprint density at radius 2 is 1.93 bits per heavy atom. The SMILES string of the molecule is COC1CC(CC(=O)O)N(C(=O)C2CCCN(C(=O)c3ccc(F)cc3)C2)C1. The lowest BCUT2D eigenvalue weighted by Crippen LogP contribution is -2.48. The minimum absolute atomic E-state index is 0.115. The standard InChI is InChI=1S/C20H25FN2O5/c1-28-17-9-16(10-18(24)25)23(12-17)20(27)14-3-2-8-22(11-14)19(26)13-4-6-15(21)7-5-13/h4-7,14,16-17H,2-3,8-12H2,1H3,(H,24,25). The number of ether oxygens (including phenoxy) is 1. The predicted molar refractivity (Wildman–Crippen MR) is 98.2 cm³/mol. The van der Waals surface area contributed by atoms with Gasteiger partial charge in [0.05, 0.1) is 18.4 Å². The summed E-state index contributed by atoms with van der Waals surface area (Å²) in [5.41, 5.74) is 0.388. The molecule has 0 radical (unpaired) electrons. The van der Waals surface area contributed by atoms with Crippen LogP contribution >= 0.6 is 0 Å². The van der Waals surface area contributed by atoms with Crippen LogP contribution in [0.3, 0.4) is 0 Å². The Bertz CT molecular complexity index is 739. The number of hydrogen-bond donors (Lipinski definition) is 1. The summed E-state index contributed by atoms with van der Waals surface area (Å²) >= 11 is 0. The molecule has 3 rings (SSSR count). The second-order valence-electron chi connectivity index (χ2n) is 7.43. The highest BCUT2D eigenvalue weighted by Crippen LogP contribution is 2.28. The van der Waals surface area contributed by atoms with E-state index in [4.69, 9.17) is 9.84 Å². The van der Waals surface area contributed by atoms with Gasteiger partial charge in [0, 0.05) is 38.3 Å². The van der Waals surface area contributed by atoms with Crippen LogP contribution in [0.4, 0.5) is 4.39 Å². The third kappa shape index (κ3) is 4.49. The van der Waals surface area contributed by atoms with Gasteiger partial charge in [-0.05, 0) is 43.5 Å². The molecule has 152 valence electrons. The number of carbonyl (C=O) groups is 3. The molecule has 2 amide bonds. The molecule has 3 atom stereocenters. The summed E-state index contributed by atoms with van der Waals surface area (Å²) in [6.45, 7) is 1.19. The lowest BCUT2D eigenvalue weighted by Gasteiger charge is -2.35. The molecule has 2 aliphatic rings. The third-order valence-electron chi connectivity index (χ3n) is 5.55. The average Bonchev–Trinajstić information content (AvgIpc) is 3.09. The number of rotatable bonds is 5. The molecule has 2 saturated heterocycles. The Kier molecular flexibility index (Phi) is 6.28. The average molecular weight is 392 g/mol. The lowest BCUT2D eigenvalue weighted by molar-refractivity contribution is -0.142. The number of halogens is 1. The highest BCUT2D eigenvalue weighted by molar-refractivity contribution is 5.94. The molecule has 3 unspecified atom stereocenters. The Hall–Kier alpha value is -2.48. The molecule has 1 aromatic carbocycles. The van der Waals surface area contributed by atoms with Crippen LogP contribution in [0.1, 0.15) is 36.0 Å².